The second kappa shape index (κ2) is 12.9. The average molecular weight is 516 g/mol. The monoisotopic (exact) mass is 515 g/mol. The van der Waals surface area contributed by atoms with E-state index in [1.807, 2.05) is 62.4 Å². The normalized spacial score (nSPS) is 12.4. The average Bonchev–Trinajstić information content (AvgIpc) is 2.82. The van der Waals surface area contributed by atoms with Gasteiger partial charge in [-0.1, -0.05) is 69.7 Å². The van der Waals surface area contributed by atoms with Gasteiger partial charge < -0.3 is 10.1 Å². The minimum absolute atomic E-state index is 0.106. The lowest BCUT2D eigenvalue weighted by molar-refractivity contribution is -0.0328. The molecule has 0 bridgehead atoms. The van der Waals surface area contributed by atoms with Crippen LogP contribution in [0, 0.1) is 5.92 Å². The Morgan fingerprint density at radius 2 is 1.75 bits per heavy atom. The van der Waals surface area contributed by atoms with Gasteiger partial charge in [0.05, 0.1) is 6.04 Å². The summed E-state index contributed by atoms with van der Waals surface area (Å²) in [4.78, 5) is 13.6. The molecule has 0 aliphatic heterocycles. The van der Waals surface area contributed by atoms with Crippen molar-refractivity contribution in [2.75, 3.05) is 0 Å². The van der Waals surface area contributed by atoms with Crippen LogP contribution in [0.1, 0.15) is 66.7 Å². The first-order valence-electron chi connectivity index (χ1n) is 12.1. The fraction of sp³-hybridized carbons (Fsp3) is 0.345. The number of carbonyl (C=O) groups is 1. The molecule has 0 saturated carbocycles. The number of aryl methyl sites for hydroxylation is 1. The molecule has 0 heterocycles. The number of benzene rings is 3. The zero-order valence-corrected chi connectivity index (χ0v) is 21.6. The molecule has 1 amide bonds. The lowest BCUT2D eigenvalue weighted by Gasteiger charge is -2.23. The highest BCUT2D eigenvalue weighted by molar-refractivity contribution is 8.00. The fourth-order valence-electron chi connectivity index (χ4n) is 4.01. The van der Waals surface area contributed by atoms with E-state index in [0.717, 1.165) is 29.7 Å². The first kappa shape index (κ1) is 27.7. The van der Waals surface area contributed by atoms with E-state index in [4.69, 9.17) is 4.74 Å². The number of amides is 1. The van der Waals surface area contributed by atoms with Crippen molar-refractivity contribution in [1.29, 1.82) is 0 Å². The predicted octanol–water partition coefficient (Wildman–Crippen LogP) is 8.35. The van der Waals surface area contributed by atoms with Crippen LogP contribution < -0.4 is 10.1 Å². The van der Waals surface area contributed by atoms with Crippen molar-refractivity contribution in [2.24, 2.45) is 5.92 Å². The van der Waals surface area contributed by atoms with Gasteiger partial charge in [0.1, 0.15) is 12.4 Å². The minimum Gasteiger partial charge on any atom is -0.489 e. The summed E-state index contributed by atoms with van der Waals surface area (Å²) in [6.07, 6.45) is 2.23. The third kappa shape index (κ3) is 8.63. The molecule has 0 aliphatic rings. The topological polar surface area (TPSA) is 38.3 Å². The minimum atomic E-state index is -4.37. The van der Waals surface area contributed by atoms with Gasteiger partial charge in [0, 0.05) is 10.5 Å². The van der Waals surface area contributed by atoms with E-state index >= 15 is 0 Å². The first-order valence-corrected chi connectivity index (χ1v) is 12.9. The van der Waals surface area contributed by atoms with E-state index in [1.165, 1.54) is 12.1 Å². The molecule has 7 heteroatoms. The van der Waals surface area contributed by atoms with Crippen molar-refractivity contribution in [3.05, 3.63) is 95.1 Å². The second-order valence-electron chi connectivity index (χ2n) is 9.12. The van der Waals surface area contributed by atoms with Gasteiger partial charge in [-0.3, -0.25) is 4.79 Å². The number of halogens is 3. The lowest BCUT2D eigenvalue weighted by atomic mass is 9.95. The number of nitrogens with one attached hydrogen (secondary N) is 1. The number of ether oxygens (including phenoxy) is 1. The molecule has 0 spiro atoms. The van der Waals surface area contributed by atoms with E-state index in [-0.39, 0.29) is 28.5 Å². The Labute approximate surface area is 215 Å². The summed E-state index contributed by atoms with van der Waals surface area (Å²) in [6.45, 7) is 6.43. The van der Waals surface area contributed by atoms with Crippen molar-refractivity contribution in [3.63, 3.8) is 0 Å². The van der Waals surface area contributed by atoms with Crippen LogP contribution in [0.5, 0.6) is 5.75 Å². The molecule has 0 aromatic heterocycles. The molecule has 3 rings (SSSR count). The number of rotatable bonds is 11. The molecule has 3 aromatic carbocycles. The predicted molar refractivity (Wildman–Crippen MR) is 139 cm³/mol. The van der Waals surface area contributed by atoms with Crippen LogP contribution in [0.3, 0.4) is 0 Å². The summed E-state index contributed by atoms with van der Waals surface area (Å²) in [7, 11) is 0. The third-order valence-electron chi connectivity index (χ3n) is 5.59. The Kier molecular flexibility index (Phi) is 9.88. The van der Waals surface area contributed by atoms with E-state index in [2.05, 4.69) is 12.2 Å². The molecule has 0 fully saturated rings. The van der Waals surface area contributed by atoms with Gasteiger partial charge in [-0.15, -0.1) is 0 Å². The third-order valence-corrected chi connectivity index (χ3v) is 6.31. The summed E-state index contributed by atoms with van der Waals surface area (Å²) >= 11 is -0.146. The molecule has 1 N–H and O–H groups in total. The van der Waals surface area contributed by atoms with Gasteiger partial charge >= 0.3 is 5.51 Å². The number of hydrogen-bond donors (Lipinski definition) is 1. The maximum absolute atomic E-state index is 13.5. The molecular formula is C29H32F3NO2S. The zero-order chi connectivity index (χ0) is 26.1. The van der Waals surface area contributed by atoms with Crippen LogP contribution in [0.2, 0.25) is 0 Å². The Morgan fingerprint density at radius 1 is 1.00 bits per heavy atom. The number of hydrogen-bond acceptors (Lipinski definition) is 3. The number of para-hydroxylation sites is 1. The van der Waals surface area contributed by atoms with Crippen molar-refractivity contribution in [3.8, 4) is 5.75 Å². The molecule has 192 valence electrons. The molecule has 3 nitrogen and oxygen atoms in total. The lowest BCUT2D eigenvalue weighted by Crippen LogP contribution is -2.30. The largest absolute Gasteiger partial charge is 0.489 e. The maximum atomic E-state index is 13.5. The molecule has 0 aliphatic carbocycles. The zero-order valence-electron chi connectivity index (χ0n) is 20.8. The quantitative estimate of drug-likeness (QED) is 0.261. The highest BCUT2D eigenvalue weighted by Crippen LogP contribution is 2.38. The standard InChI is InChI=1S/C29H32F3NO2S/c1-4-9-22-15-14-21(19-35-24-11-6-5-7-12-24)17-26(22)28(34)33-27(16-20(2)3)23-10-8-13-25(18-23)36-29(30,31)32/h5-8,10-15,17-18,20,27H,4,9,16,19H2,1-3H3,(H,33,34). The number of thioether (sulfide) groups is 1. The Balaban J connectivity index is 1.84. The first-order chi connectivity index (χ1) is 17.1. The van der Waals surface area contributed by atoms with Gasteiger partial charge in [-0.25, -0.2) is 0 Å². The number of alkyl halides is 3. The van der Waals surface area contributed by atoms with Crippen LogP contribution in [-0.4, -0.2) is 11.4 Å². The van der Waals surface area contributed by atoms with Crippen molar-refractivity contribution < 1.29 is 22.7 Å². The summed E-state index contributed by atoms with van der Waals surface area (Å²) in [5.41, 5.74) is -1.34. The molecular weight excluding hydrogens is 483 g/mol. The van der Waals surface area contributed by atoms with Gasteiger partial charge in [-0.05, 0) is 77.5 Å². The smallest absolute Gasteiger partial charge is 0.446 e. The Morgan fingerprint density at radius 3 is 2.42 bits per heavy atom. The van der Waals surface area contributed by atoms with Crippen molar-refractivity contribution in [2.45, 2.75) is 63.1 Å². The maximum Gasteiger partial charge on any atom is 0.446 e. The van der Waals surface area contributed by atoms with E-state index in [1.54, 1.807) is 12.1 Å². The highest BCUT2D eigenvalue weighted by atomic mass is 32.2. The van der Waals surface area contributed by atoms with Crippen LogP contribution >= 0.6 is 11.8 Å². The van der Waals surface area contributed by atoms with E-state index in [0.29, 0.717) is 24.2 Å². The highest BCUT2D eigenvalue weighted by Gasteiger charge is 2.29. The molecule has 0 radical (unpaired) electrons. The SMILES string of the molecule is CCCc1ccc(COc2ccccc2)cc1C(=O)NC(CC(C)C)c1cccc(SC(F)(F)F)c1. The van der Waals surface area contributed by atoms with E-state index < -0.39 is 11.6 Å². The Bertz CT molecular complexity index is 1130. The number of carbonyl (C=O) groups excluding carboxylic acids is 1. The van der Waals surface area contributed by atoms with Gasteiger partial charge in [0.15, 0.2) is 0 Å². The van der Waals surface area contributed by atoms with Crippen molar-refractivity contribution in [1.82, 2.24) is 5.32 Å². The molecule has 36 heavy (non-hydrogen) atoms. The molecule has 1 unspecified atom stereocenters. The summed E-state index contributed by atoms with van der Waals surface area (Å²) in [5, 5.41) is 3.10. The van der Waals surface area contributed by atoms with Gasteiger partial charge in [-0.2, -0.15) is 13.2 Å². The van der Waals surface area contributed by atoms with Crippen molar-refractivity contribution >= 4 is 17.7 Å². The fourth-order valence-corrected chi connectivity index (χ4v) is 4.62. The van der Waals surface area contributed by atoms with Crippen LogP contribution in [0.15, 0.2) is 77.7 Å². The summed E-state index contributed by atoms with van der Waals surface area (Å²) in [6, 6.07) is 21.2. The molecule has 1 atom stereocenters. The summed E-state index contributed by atoms with van der Waals surface area (Å²) < 4.78 is 44.6. The van der Waals surface area contributed by atoms with Crippen LogP contribution in [0.4, 0.5) is 13.2 Å². The van der Waals surface area contributed by atoms with Crippen LogP contribution in [-0.2, 0) is 13.0 Å². The molecule has 0 saturated heterocycles. The summed E-state index contributed by atoms with van der Waals surface area (Å²) in [5.74, 6) is 0.740. The Hall–Kier alpha value is -2.93. The second-order valence-corrected chi connectivity index (χ2v) is 10.3. The van der Waals surface area contributed by atoms with Gasteiger partial charge in [0.25, 0.3) is 5.91 Å². The van der Waals surface area contributed by atoms with Crippen LogP contribution in [0.25, 0.3) is 0 Å². The molecule has 3 aromatic rings. The van der Waals surface area contributed by atoms with Gasteiger partial charge in [0.2, 0.25) is 0 Å². The van der Waals surface area contributed by atoms with E-state index in [9.17, 15) is 18.0 Å².